The van der Waals surface area contributed by atoms with E-state index in [1.165, 1.54) is 0 Å². The molecule has 12 heavy (non-hydrogen) atoms. The van der Waals surface area contributed by atoms with Gasteiger partial charge in [-0.05, 0) is 18.8 Å². The molecular weight excluding hydrogens is 152 g/mol. The second-order valence-corrected chi connectivity index (χ2v) is 3.38. The minimum atomic E-state index is 0.174. The summed E-state index contributed by atoms with van der Waals surface area (Å²) in [6.07, 6.45) is 5.66. The van der Waals surface area contributed by atoms with Gasteiger partial charge in [0.25, 0.3) is 0 Å². The Morgan fingerprint density at radius 2 is 2.25 bits per heavy atom. The predicted octanol–water partition coefficient (Wildman–Crippen LogP) is 1.11. The second kappa shape index (κ2) is 4.43. The van der Waals surface area contributed by atoms with Gasteiger partial charge in [-0.25, -0.2) is 0 Å². The lowest BCUT2D eigenvalue weighted by molar-refractivity contribution is 0.171. The van der Waals surface area contributed by atoms with Crippen LogP contribution in [0.15, 0.2) is 24.3 Å². The van der Waals surface area contributed by atoms with E-state index >= 15 is 0 Å². The Bertz CT molecular complexity index is 184. The summed E-state index contributed by atoms with van der Waals surface area (Å²) in [6, 6.07) is 0. The average molecular weight is 168 g/mol. The molecule has 68 valence electrons. The molecule has 0 bridgehead atoms. The molecule has 0 aromatic heterocycles. The van der Waals surface area contributed by atoms with Gasteiger partial charge in [-0.1, -0.05) is 24.3 Å². The summed E-state index contributed by atoms with van der Waals surface area (Å²) in [5.74, 6) is 0.518. The van der Waals surface area contributed by atoms with Crippen molar-refractivity contribution in [2.45, 2.75) is 12.8 Å². The van der Waals surface area contributed by atoms with E-state index in [0.29, 0.717) is 5.92 Å². The SMILES string of the molecule is C=CC1=C[C@H](CO)C[C@H](CO)C1. The molecule has 0 aromatic carbocycles. The molecule has 0 amide bonds. The van der Waals surface area contributed by atoms with E-state index < -0.39 is 0 Å². The van der Waals surface area contributed by atoms with E-state index in [0.717, 1.165) is 18.4 Å². The van der Waals surface area contributed by atoms with Crippen molar-refractivity contribution in [1.29, 1.82) is 0 Å². The second-order valence-electron chi connectivity index (χ2n) is 3.38. The normalized spacial score (nSPS) is 29.7. The highest BCUT2D eigenvalue weighted by Crippen LogP contribution is 2.27. The molecule has 2 nitrogen and oxygen atoms in total. The van der Waals surface area contributed by atoms with Gasteiger partial charge < -0.3 is 10.2 Å². The molecule has 1 rings (SSSR count). The third-order valence-electron chi connectivity index (χ3n) is 2.37. The molecule has 0 unspecified atom stereocenters. The van der Waals surface area contributed by atoms with Crippen LogP contribution >= 0.6 is 0 Å². The Morgan fingerprint density at radius 1 is 1.50 bits per heavy atom. The van der Waals surface area contributed by atoms with Crippen LogP contribution in [-0.2, 0) is 0 Å². The number of hydrogen-bond acceptors (Lipinski definition) is 2. The van der Waals surface area contributed by atoms with E-state index in [1.54, 1.807) is 0 Å². The van der Waals surface area contributed by atoms with Crippen LogP contribution in [0.4, 0.5) is 0 Å². The highest BCUT2D eigenvalue weighted by Gasteiger charge is 2.19. The molecule has 2 atom stereocenters. The van der Waals surface area contributed by atoms with Crippen LogP contribution in [-0.4, -0.2) is 23.4 Å². The van der Waals surface area contributed by atoms with Crippen molar-refractivity contribution in [3.8, 4) is 0 Å². The highest BCUT2D eigenvalue weighted by atomic mass is 16.3. The van der Waals surface area contributed by atoms with Gasteiger partial charge in [-0.3, -0.25) is 0 Å². The van der Waals surface area contributed by atoms with Gasteiger partial charge in [-0.2, -0.15) is 0 Å². The molecular formula is C10H16O2. The van der Waals surface area contributed by atoms with Gasteiger partial charge in [0.2, 0.25) is 0 Å². The lowest BCUT2D eigenvalue weighted by Gasteiger charge is -2.24. The minimum Gasteiger partial charge on any atom is -0.396 e. The maximum absolute atomic E-state index is 8.97. The fourth-order valence-corrected chi connectivity index (χ4v) is 1.70. The standard InChI is InChI=1S/C10H16O2/c1-2-8-3-9(6-11)5-10(4-8)7-12/h2-3,9-12H,1,4-7H2/t9-,10+/m0/s1. The van der Waals surface area contributed by atoms with Crippen molar-refractivity contribution in [1.82, 2.24) is 0 Å². The first kappa shape index (κ1) is 9.49. The molecule has 2 N–H and O–H groups in total. The first-order valence-electron chi connectivity index (χ1n) is 4.35. The summed E-state index contributed by atoms with van der Waals surface area (Å²) >= 11 is 0. The summed E-state index contributed by atoms with van der Waals surface area (Å²) in [6.45, 7) is 4.07. The van der Waals surface area contributed by atoms with E-state index in [2.05, 4.69) is 12.7 Å². The zero-order chi connectivity index (χ0) is 8.97. The van der Waals surface area contributed by atoms with Crippen LogP contribution in [0.2, 0.25) is 0 Å². The first-order valence-corrected chi connectivity index (χ1v) is 4.35. The van der Waals surface area contributed by atoms with Gasteiger partial charge in [0, 0.05) is 19.1 Å². The van der Waals surface area contributed by atoms with E-state index in [4.69, 9.17) is 10.2 Å². The van der Waals surface area contributed by atoms with E-state index in [1.807, 2.05) is 6.08 Å². The Balaban J connectivity index is 2.63. The largest absolute Gasteiger partial charge is 0.396 e. The molecule has 0 saturated carbocycles. The molecule has 1 aliphatic rings. The molecule has 1 aliphatic carbocycles. The number of aliphatic hydroxyl groups excluding tert-OH is 2. The van der Waals surface area contributed by atoms with Crippen molar-refractivity contribution in [3.63, 3.8) is 0 Å². The maximum atomic E-state index is 8.97. The van der Waals surface area contributed by atoms with Crippen LogP contribution in [0.25, 0.3) is 0 Å². The number of hydrogen-bond donors (Lipinski definition) is 2. The molecule has 2 heteroatoms. The van der Waals surface area contributed by atoms with Crippen molar-refractivity contribution in [2.75, 3.05) is 13.2 Å². The summed E-state index contributed by atoms with van der Waals surface area (Å²) in [4.78, 5) is 0. The molecule has 0 aliphatic heterocycles. The topological polar surface area (TPSA) is 40.5 Å². The lowest BCUT2D eigenvalue weighted by atomic mass is 9.83. The van der Waals surface area contributed by atoms with Gasteiger partial charge in [0.1, 0.15) is 0 Å². The highest BCUT2D eigenvalue weighted by molar-refractivity contribution is 5.20. The van der Waals surface area contributed by atoms with Crippen LogP contribution in [0.5, 0.6) is 0 Å². The summed E-state index contributed by atoms with van der Waals surface area (Å²) in [5, 5.41) is 17.9. The van der Waals surface area contributed by atoms with Crippen LogP contribution in [0.1, 0.15) is 12.8 Å². The monoisotopic (exact) mass is 168 g/mol. The van der Waals surface area contributed by atoms with Gasteiger partial charge in [0.05, 0.1) is 0 Å². The quantitative estimate of drug-likeness (QED) is 0.662. The zero-order valence-corrected chi connectivity index (χ0v) is 7.24. The van der Waals surface area contributed by atoms with Crippen LogP contribution in [0.3, 0.4) is 0 Å². The van der Waals surface area contributed by atoms with Crippen molar-refractivity contribution in [3.05, 3.63) is 24.3 Å². The number of rotatable bonds is 3. The average Bonchev–Trinajstić information content (AvgIpc) is 2.16. The number of allylic oxidation sites excluding steroid dienone is 2. The smallest absolute Gasteiger partial charge is 0.0494 e. The Kier molecular flexibility index (Phi) is 3.50. The molecule has 0 radical (unpaired) electrons. The van der Waals surface area contributed by atoms with Gasteiger partial charge in [0.15, 0.2) is 0 Å². The Morgan fingerprint density at radius 3 is 2.75 bits per heavy atom. The fraction of sp³-hybridized carbons (Fsp3) is 0.600. The van der Waals surface area contributed by atoms with Gasteiger partial charge in [-0.15, -0.1) is 0 Å². The Hall–Kier alpha value is -0.600. The summed E-state index contributed by atoms with van der Waals surface area (Å²) in [5.41, 5.74) is 1.15. The molecule has 0 saturated heterocycles. The minimum absolute atomic E-state index is 0.174. The lowest BCUT2D eigenvalue weighted by Crippen LogP contribution is -2.19. The van der Waals surface area contributed by atoms with Gasteiger partial charge >= 0.3 is 0 Å². The third-order valence-corrected chi connectivity index (χ3v) is 2.37. The molecule has 0 aromatic rings. The predicted molar refractivity (Wildman–Crippen MR) is 48.7 cm³/mol. The molecule has 0 fully saturated rings. The van der Waals surface area contributed by atoms with Crippen molar-refractivity contribution in [2.24, 2.45) is 11.8 Å². The van der Waals surface area contributed by atoms with Crippen LogP contribution < -0.4 is 0 Å². The fourth-order valence-electron chi connectivity index (χ4n) is 1.70. The van der Waals surface area contributed by atoms with E-state index in [-0.39, 0.29) is 19.1 Å². The third kappa shape index (κ3) is 2.19. The van der Waals surface area contributed by atoms with Crippen molar-refractivity contribution < 1.29 is 10.2 Å². The Labute approximate surface area is 73.2 Å². The first-order chi connectivity index (χ1) is 5.80. The van der Waals surface area contributed by atoms with E-state index in [9.17, 15) is 0 Å². The zero-order valence-electron chi connectivity index (χ0n) is 7.24. The molecule has 0 spiro atoms. The molecule has 0 heterocycles. The van der Waals surface area contributed by atoms with Crippen molar-refractivity contribution >= 4 is 0 Å². The van der Waals surface area contributed by atoms with Crippen LogP contribution in [0, 0.1) is 11.8 Å². The summed E-state index contributed by atoms with van der Waals surface area (Å²) in [7, 11) is 0. The maximum Gasteiger partial charge on any atom is 0.0494 e. The summed E-state index contributed by atoms with van der Waals surface area (Å²) < 4.78 is 0. The number of aliphatic hydroxyl groups is 2.